The smallest absolute Gasteiger partial charge is 0.0724 e. The summed E-state index contributed by atoms with van der Waals surface area (Å²) in [5.74, 6) is 0. The van der Waals surface area contributed by atoms with Gasteiger partial charge in [-0.3, -0.25) is 9.97 Å². The van der Waals surface area contributed by atoms with Gasteiger partial charge in [-0.05, 0) is 37.3 Å². The number of nitrogens with zero attached hydrogens (tertiary/aromatic N) is 2. The van der Waals surface area contributed by atoms with Crippen LogP contribution < -0.4 is 5.32 Å². The molecule has 1 unspecified atom stereocenters. The molecule has 1 aromatic heterocycles. The van der Waals surface area contributed by atoms with E-state index in [4.69, 9.17) is 0 Å². The molecule has 3 heteroatoms. The molecule has 3 nitrogen and oxygen atoms in total. The summed E-state index contributed by atoms with van der Waals surface area (Å²) in [6.45, 7) is 2.75. The van der Waals surface area contributed by atoms with Crippen molar-refractivity contribution in [2.45, 2.75) is 45.2 Å². The summed E-state index contributed by atoms with van der Waals surface area (Å²) < 4.78 is 0. The highest BCUT2D eigenvalue weighted by Crippen LogP contribution is 2.28. The van der Waals surface area contributed by atoms with E-state index in [1.54, 1.807) is 0 Å². The monoisotopic (exact) mass is 267 g/mol. The van der Waals surface area contributed by atoms with Crippen LogP contribution in [0.1, 0.15) is 47.8 Å². The third kappa shape index (κ3) is 3.05. The average molecular weight is 267 g/mol. The van der Waals surface area contributed by atoms with Crippen molar-refractivity contribution < 1.29 is 0 Å². The molecule has 1 aromatic carbocycles. The highest BCUT2D eigenvalue weighted by molar-refractivity contribution is 5.31. The van der Waals surface area contributed by atoms with Gasteiger partial charge in [-0.25, -0.2) is 0 Å². The van der Waals surface area contributed by atoms with E-state index in [9.17, 15) is 0 Å². The van der Waals surface area contributed by atoms with E-state index in [0.717, 1.165) is 17.9 Å². The molecule has 3 rings (SSSR count). The Morgan fingerprint density at radius 2 is 2.05 bits per heavy atom. The first-order valence-corrected chi connectivity index (χ1v) is 7.41. The molecule has 20 heavy (non-hydrogen) atoms. The molecule has 1 atom stereocenters. The molecule has 0 amide bonds. The fourth-order valence-electron chi connectivity index (χ4n) is 2.87. The first-order chi connectivity index (χ1) is 9.83. The van der Waals surface area contributed by atoms with Gasteiger partial charge in [0.05, 0.1) is 11.4 Å². The molecule has 1 aliphatic rings. The summed E-state index contributed by atoms with van der Waals surface area (Å²) in [6.07, 6.45) is 8.68. The zero-order chi connectivity index (χ0) is 13.8. The fraction of sp³-hybridized carbons (Fsp3) is 0.412. The maximum Gasteiger partial charge on any atom is 0.0724 e. The Kier molecular flexibility index (Phi) is 4.07. The maximum atomic E-state index is 4.42. The molecule has 0 fully saturated rings. The van der Waals surface area contributed by atoms with Crippen molar-refractivity contribution in [3.63, 3.8) is 0 Å². The molecular formula is C17H21N3. The van der Waals surface area contributed by atoms with E-state index in [1.165, 1.54) is 36.8 Å². The van der Waals surface area contributed by atoms with E-state index >= 15 is 0 Å². The second-order valence-electron chi connectivity index (χ2n) is 5.53. The SMILES string of the molecule is Cc1cnc(CNC2CCCCc3ccccc32)cn1. The van der Waals surface area contributed by atoms with Gasteiger partial charge < -0.3 is 5.32 Å². The van der Waals surface area contributed by atoms with Gasteiger partial charge in [0.2, 0.25) is 0 Å². The molecule has 1 heterocycles. The van der Waals surface area contributed by atoms with Crippen molar-refractivity contribution in [2.24, 2.45) is 0 Å². The van der Waals surface area contributed by atoms with Crippen LogP contribution >= 0.6 is 0 Å². The summed E-state index contributed by atoms with van der Waals surface area (Å²) in [4.78, 5) is 8.72. The number of benzene rings is 1. The van der Waals surface area contributed by atoms with E-state index in [1.807, 2.05) is 19.3 Å². The van der Waals surface area contributed by atoms with Crippen LogP contribution in [0.2, 0.25) is 0 Å². The minimum absolute atomic E-state index is 0.441. The molecule has 0 saturated heterocycles. The van der Waals surface area contributed by atoms with Gasteiger partial charge in [0.25, 0.3) is 0 Å². The fourth-order valence-corrected chi connectivity index (χ4v) is 2.87. The normalized spacial score (nSPS) is 18.4. The Bertz CT molecular complexity index is 563. The van der Waals surface area contributed by atoms with Crippen LogP contribution in [0, 0.1) is 6.92 Å². The Labute approximate surface area is 120 Å². The average Bonchev–Trinajstić information content (AvgIpc) is 2.69. The van der Waals surface area contributed by atoms with E-state index in [0.29, 0.717) is 6.04 Å². The number of hydrogen-bond acceptors (Lipinski definition) is 3. The molecule has 0 bridgehead atoms. The van der Waals surface area contributed by atoms with Crippen molar-refractivity contribution in [2.75, 3.05) is 0 Å². The van der Waals surface area contributed by atoms with E-state index < -0.39 is 0 Å². The standard InChI is InChI=1S/C17H21N3/c1-13-10-19-15(11-18-13)12-20-17-9-5-3-7-14-6-2-4-8-16(14)17/h2,4,6,8,10-11,17,20H,3,5,7,9,12H2,1H3. The third-order valence-corrected chi connectivity index (χ3v) is 3.98. The summed E-state index contributed by atoms with van der Waals surface area (Å²) in [6, 6.07) is 9.26. The van der Waals surface area contributed by atoms with Crippen LogP contribution in [-0.4, -0.2) is 9.97 Å². The quantitative estimate of drug-likeness (QED) is 0.867. The van der Waals surface area contributed by atoms with Crippen LogP contribution in [0.15, 0.2) is 36.7 Å². The highest BCUT2D eigenvalue weighted by atomic mass is 14.9. The van der Waals surface area contributed by atoms with E-state index in [2.05, 4.69) is 39.6 Å². The molecule has 104 valence electrons. The first kappa shape index (κ1) is 13.3. The summed E-state index contributed by atoms with van der Waals surface area (Å²) in [5.41, 5.74) is 4.94. The predicted molar refractivity (Wildman–Crippen MR) is 80.3 cm³/mol. The number of nitrogens with one attached hydrogen (secondary N) is 1. The van der Waals surface area contributed by atoms with Crippen molar-refractivity contribution in [3.8, 4) is 0 Å². The molecule has 2 aromatic rings. The molecule has 0 spiro atoms. The van der Waals surface area contributed by atoms with E-state index in [-0.39, 0.29) is 0 Å². The Morgan fingerprint density at radius 1 is 1.15 bits per heavy atom. The molecular weight excluding hydrogens is 246 g/mol. The lowest BCUT2D eigenvalue weighted by Gasteiger charge is -2.19. The van der Waals surface area contributed by atoms with Crippen LogP contribution in [0.5, 0.6) is 0 Å². The van der Waals surface area contributed by atoms with Gasteiger partial charge >= 0.3 is 0 Å². The Balaban J connectivity index is 1.72. The summed E-state index contributed by atoms with van der Waals surface area (Å²) in [5, 5.41) is 3.65. The second kappa shape index (κ2) is 6.14. The third-order valence-electron chi connectivity index (χ3n) is 3.98. The van der Waals surface area contributed by atoms with Gasteiger partial charge in [-0.15, -0.1) is 0 Å². The van der Waals surface area contributed by atoms with Crippen molar-refractivity contribution in [3.05, 3.63) is 59.2 Å². The number of aryl methyl sites for hydroxylation is 2. The van der Waals surface area contributed by atoms with Crippen molar-refractivity contribution in [1.29, 1.82) is 0 Å². The Hall–Kier alpha value is -1.74. The van der Waals surface area contributed by atoms with Crippen LogP contribution in [0.4, 0.5) is 0 Å². The Morgan fingerprint density at radius 3 is 2.90 bits per heavy atom. The number of hydrogen-bond donors (Lipinski definition) is 1. The molecule has 0 aliphatic heterocycles. The van der Waals surface area contributed by atoms with Crippen molar-refractivity contribution >= 4 is 0 Å². The zero-order valence-electron chi connectivity index (χ0n) is 12.0. The second-order valence-corrected chi connectivity index (χ2v) is 5.53. The molecule has 0 radical (unpaired) electrons. The minimum Gasteiger partial charge on any atom is -0.304 e. The van der Waals surface area contributed by atoms with Crippen LogP contribution in [0.3, 0.4) is 0 Å². The zero-order valence-corrected chi connectivity index (χ0v) is 12.0. The van der Waals surface area contributed by atoms with Crippen molar-refractivity contribution in [1.82, 2.24) is 15.3 Å². The molecule has 1 aliphatic carbocycles. The molecule has 0 saturated carbocycles. The van der Waals surface area contributed by atoms with Gasteiger partial charge in [-0.1, -0.05) is 30.7 Å². The summed E-state index contributed by atoms with van der Waals surface area (Å²) in [7, 11) is 0. The highest BCUT2D eigenvalue weighted by Gasteiger charge is 2.17. The van der Waals surface area contributed by atoms with Crippen LogP contribution in [0.25, 0.3) is 0 Å². The first-order valence-electron chi connectivity index (χ1n) is 7.41. The number of rotatable bonds is 3. The lowest BCUT2D eigenvalue weighted by molar-refractivity contribution is 0.485. The van der Waals surface area contributed by atoms with Gasteiger partial charge in [0.15, 0.2) is 0 Å². The molecule has 1 N–H and O–H groups in total. The minimum atomic E-state index is 0.441. The largest absolute Gasteiger partial charge is 0.304 e. The summed E-state index contributed by atoms with van der Waals surface area (Å²) >= 11 is 0. The maximum absolute atomic E-state index is 4.42. The van der Waals surface area contributed by atoms with Gasteiger partial charge in [0, 0.05) is 25.0 Å². The lowest BCUT2D eigenvalue weighted by Crippen LogP contribution is -2.21. The van der Waals surface area contributed by atoms with Crippen LogP contribution in [-0.2, 0) is 13.0 Å². The predicted octanol–water partition coefficient (Wildman–Crippen LogP) is 3.34. The topological polar surface area (TPSA) is 37.8 Å². The number of fused-ring (bicyclic) bond motifs is 1. The van der Waals surface area contributed by atoms with Gasteiger partial charge in [-0.2, -0.15) is 0 Å². The number of aromatic nitrogens is 2. The van der Waals surface area contributed by atoms with Gasteiger partial charge in [0.1, 0.15) is 0 Å². The lowest BCUT2D eigenvalue weighted by atomic mass is 9.99.